The first-order chi connectivity index (χ1) is 13.1. The van der Waals surface area contributed by atoms with Crippen molar-refractivity contribution in [2.75, 3.05) is 6.54 Å². The molecule has 0 aliphatic heterocycles. The van der Waals surface area contributed by atoms with E-state index < -0.39 is 6.10 Å². The summed E-state index contributed by atoms with van der Waals surface area (Å²) in [6.45, 7) is 0.0797. The second kappa shape index (κ2) is 7.28. The number of carbonyl (C=O) groups is 1. The van der Waals surface area contributed by atoms with E-state index in [2.05, 4.69) is 15.6 Å². The van der Waals surface area contributed by atoms with Crippen molar-refractivity contribution in [2.24, 2.45) is 0 Å². The van der Waals surface area contributed by atoms with Gasteiger partial charge >= 0.3 is 0 Å². The smallest absolute Gasteiger partial charge is 0.273 e. The van der Waals surface area contributed by atoms with E-state index >= 15 is 0 Å². The third-order valence-electron chi connectivity index (χ3n) is 4.60. The molecule has 0 radical (unpaired) electrons. The fraction of sp³-hybridized carbons (Fsp3) is 0.250. The Kier molecular flexibility index (Phi) is 4.68. The standard InChI is InChI=1S/C20H19FN4O2/c21-15-8-10-16(11-9-15)25-19(14-6-7-14)18(23-24-25)20(27)22-12-17(26)13-4-2-1-3-5-13/h1-5,8-11,14,17,26H,6-7,12H2,(H,22,27)/t17-/m1/s1. The van der Waals surface area contributed by atoms with Crippen LogP contribution in [-0.2, 0) is 0 Å². The Hall–Kier alpha value is -3.06. The molecular weight excluding hydrogens is 347 g/mol. The van der Waals surface area contributed by atoms with Gasteiger partial charge in [-0.25, -0.2) is 9.07 Å². The maximum absolute atomic E-state index is 13.2. The Balaban J connectivity index is 1.53. The topological polar surface area (TPSA) is 80.0 Å². The van der Waals surface area contributed by atoms with Crippen LogP contribution in [0.1, 0.15) is 46.6 Å². The van der Waals surface area contributed by atoms with Crippen molar-refractivity contribution in [3.05, 3.63) is 77.4 Å². The predicted octanol–water partition coefficient (Wildman–Crippen LogP) is 2.75. The van der Waals surface area contributed by atoms with Gasteiger partial charge in [-0.1, -0.05) is 35.5 Å². The lowest BCUT2D eigenvalue weighted by molar-refractivity contribution is 0.0910. The Bertz CT molecular complexity index is 936. The summed E-state index contributed by atoms with van der Waals surface area (Å²) in [5.41, 5.74) is 2.37. The molecule has 1 amide bonds. The van der Waals surface area contributed by atoms with Crippen LogP contribution in [0.3, 0.4) is 0 Å². The number of aliphatic hydroxyl groups is 1. The van der Waals surface area contributed by atoms with Crippen molar-refractivity contribution in [2.45, 2.75) is 24.9 Å². The van der Waals surface area contributed by atoms with E-state index in [1.54, 1.807) is 28.9 Å². The Morgan fingerprint density at radius 3 is 2.56 bits per heavy atom. The number of hydrogen-bond donors (Lipinski definition) is 2. The number of amides is 1. The van der Waals surface area contributed by atoms with Crippen molar-refractivity contribution in [3.63, 3.8) is 0 Å². The number of rotatable bonds is 6. The fourth-order valence-corrected chi connectivity index (χ4v) is 3.01. The predicted molar refractivity (Wildman–Crippen MR) is 97.0 cm³/mol. The molecule has 27 heavy (non-hydrogen) atoms. The highest BCUT2D eigenvalue weighted by Gasteiger charge is 2.34. The van der Waals surface area contributed by atoms with Crippen LogP contribution >= 0.6 is 0 Å². The molecule has 2 aromatic carbocycles. The number of aromatic nitrogens is 3. The van der Waals surface area contributed by atoms with Crippen LogP contribution < -0.4 is 5.32 Å². The molecular formula is C20H19FN4O2. The molecule has 2 N–H and O–H groups in total. The lowest BCUT2D eigenvalue weighted by atomic mass is 10.1. The second-order valence-corrected chi connectivity index (χ2v) is 6.62. The van der Waals surface area contributed by atoms with Crippen LogP contribution in [0, 0.1) is 5.82 Å². The highest BCUT2D eigenvalue weighted by atomic mass is 19.1. The minimum Gasteiger partial charge on any atom is -0.387 e. The summed E-state index contributed by atoms with van der Waals surface area (Å²) in [5.74, 6) is -0.496. The van der Waals surface area contributed by atoms with E-state index in [0.717, 1.165) is 24.1 Å². The number of halogens is 1. The molecule has 4 rings (SSSR count). The Labute approximate surface area is 155 Å². The zero-order valence-electron chi connectivity index (χ0n) is 14.5. The maximum Gasteiger partial charge on any atom is 0.273 e. The quantitative estimate of drug-likeness (QED) is 0.703. The van der Waals surface area contributed by atoms with Gasteiger partial charge in [-0.05, 0) is 42.7 Å². The lowest BCUT2D eigenvalue weighted by Gasteiger charge is -2.12. The van der Waals surface area contributed by atoms with Gasteiger partial charge in [0.05, 0.1) is 17.5 Å². The third-order valence-corrected chi connectivity index (χ3v) is 4.60. The number of hydrogen-bond acceptors (Lipinski definition) is 4. The molecule has 0 spiro atoms. The highest BCUT2D eigenvalue weighted by Crippen LogP contribution is 2.41. The Morgan fingerprint density at radius 1 is 1.19 bits per heavy atom. The molecule has 138 valence electrons. The van der Waals surface area contributed by atoms with Crippen molar-refractivity contribution in [3.8, 4) is 5.69 Å². The molecule has 0 bridgehead atoms. The monoisotopic (exact) mass is 366 g/mol. The van der Waals surface area contributed by atoms with Crippen molar-refractivity contribution in [1.82, 2.24) is 20.3 Å². The molecule has 1 fully saturated rings. The molecule has 1 aromatic heterocycles. The maximum atomic E-state index is 13.2. The van der Waals surface area contributed by atoms with E-state index in [1.165, 1.54) is 12.1 Å². The van der Waals surface area contributed by atoms with Crippen LogP contribution in [0.25, 0.3) is 5.69 Å². The minimum atomic E-state index is -0.799. The molecule has 6 nitrogen and oxygen atoms in total. The summed E-state index contributed by atoms with van der Waals surface area (Å²) < 4.78 is 14.8. The van der Waals surface area contributed by atoms with Crippen molar-refractivity contribution in [1.29, 1.82) is 0 Å². The van der Waals surface area contributed by atoms with Gasteiger partial charge < -0.3 is 10.4 Å². The molecule has 0 unspecified atom stereocenters. The first-order valence-corrected chi connectivity index (χ1v) is 8.86. The first-order valence-electron chi connectivity index (χ1n) is 8.86. The van der Waals surface area contributed by atoms with E-state index in [-0.39, 0.29) is 29.9 Å². The van der Waals surface area contributed by atoms with Crippen LogP contribution in [0.15, 0.2) is 54.6 Å². The van der Waals surface area contributed by atoms with Gasteiger partial charge in [0.1, 0.15) is 5.82 Å². The first kappa shape index (κ1) is 17.4. The SMILES string of the molecule is O=C(NC[C@@H](O)c1ccccc1)c1nnn(-c2ccc(F)cc2)c1C1CC1. The summed E-state index contributed by atoms with van der Waals surface area (Å²) in [6, 6.07) is 15.1. The molecule has 3 aromatic rings. The molecule has 1 heterocycles. The Morgan fingerprint density at radius 2 is 1.89 bits per heavy atom. The fourth-order valence-electron chi connectivity index (χ4n) is 3.01. The average molecular weight is 366 g/mol. The van der Waals surface area contributed by atoms with Crippen LogP contribution in [0.4, 0.5) is 4.39 Å². The number of benzene rings is 2. The summed E-state index contributed by atoms with van der Waals surface area (Å²) in [6.07, 6.45) is 1.12. The molecule has 1 aliphatic rings. The molecule has 1 atom stereocenters. The van der Waals surface area contributed by atoms with Crippen LogP contribution in [0.2, 0.25) is 0 Å². The third kappa shape index (κ3) is 3.73. The number of nitrogens with one attached hydrogen (secondary N) is 1. The van der Waals surface area contributed by atoms with E-state index in [4.69, 9.17) is 0 Å². The molecule has 0 saturated heterocycles. The van der Waals surface area contributed by atoms with E-state index in [0.29, 0.717) is 5.69 Å². The number of carbonyl (C=O) groups excluding carboxylic acids is 1. The minimum absolute atomic E-state index is 0.0797. The largest absolute Gasteiger partial charge is 0.387 e. The summed E-state index contributed by atoms with van der Waals surface area (Å²) in [7, 11) is 0. The second-order valence-electron chi connectivity index (χ2n) is 6.62. The van der Waals surface area contributed by atoms with Gasteiger partial charge in [0, 0.05) is 12.5 Å². The van der Waals surface area contributed by atoms with Gasteiger partial charge in [0.25, 0.3) is 5.91 Å². The zero-order valence-corrected chi connectivity index (χ0v) is 14.5. The summed E-state index contributed by atoms with van der Waals surface area (Å²) in [5, 5.41) is 21.1. The molecule has 7 heteroatoms. The molecule has 1 saturated carbocycles. The normalized spacial score (nSPS) is 14.7. The van der Waals surface area contributed by atoms with Gasteiger partial charge in [-0.3, -0.25) is 4.79 Å². The average Bonchev–Trinajstić information content (AvgIpc) is 3.45. The van der Waals surface area contributed by atoms with Crippen molar-refractivity contribution < 1.29 is 14.3 Å². The van der Waals surface area contributed by atoms with Crippen LogP contribution in [-0.4, -0.2) is 32.6 Å². The van der Waals surface area contributed by atoms with Crippen LogP contribution in [0.5, 0.6) is 0 Å². The van der Waals surface area contributed by atoms with Crippen molar-refractivity contribution >= 4 is 5.91 Å². The van der Waals surface area contributed by atoms with Gasteiger partial charge in [0.2, 0.25) is 0 Å². The highest BCUT2D eigenvalue weighted by molar-refractivity contribution is 5.93. The van der Waals surface area contributed by atoms with Gasteiger partial charge in [-0.15, -0.1) is 5.10 Å². The lowest BCUT2D eigenvalue weighted by Crippen LogP contribution is -2.29. The summed E-state index contributed by atoms with van der Waals surface area (Å²) in [4.78, 5) is 12.6. The number of aliphatic hydroxyl groups excluding tert-OH is 1. The van der Waals surface area contributed by atoms with E-state index in [9.17, 15) is 14.3 Å². The zero-order chi connectivity index (χ0) is 18.8. The van der Waals surface area contributed by atoms with Gasteiger partial charge in [0.15, 0.2) is 5.69 Å². The summed E-state index contributed by atoms with van der Waals surface area (Å²) >= 11 is 0. The van der Waals surface area contributed by atoms with Gasteiger partial charge in [-0.2, -0.15) is 0 Å². The number of nitrogens with zero attached hydrogens (tertiary/aromatic N) is 3. The molecule has 1 aliphatic carbocycles. The van der Waals surface area contributed by atoms with E-state index in [1.807, 2.05) is 18.2 Å².